The summed E-state index contributed by atoms with van der Waals surface area (Å²) in [5.74, 6) is -1.29. The number of imide groups is 1. The molecule has 9 heteroatoms. The predicted molar refractivity (Wildman–Crippen MR) is 92.5 cm³/mol. The summed E-state index contributed by atoms with van der Waals surface area (Å²) in [6.45, 7) is 1.95. The lowest BCUT2D eigenvalue weighted by Crippen LogP contribution is -2.25. The van der Waals surface area contributed by atoms with Gasteiger partial charge >= 0.3 is 0 Å². The fourth-order valence-corrected chi connectivity index (χ4v) is 3.08. The van der Waals surface area contributed by atoms with E-state index in [2.05, 4.69) is 15.5 Å². The van der Waals surface area contributed by atoms with Crippen molar-refractivity contribution >= 4 is 17.6 Å². The molecule has 4 rings (SSSR count). The van der Waals surface area contributed by atoms with Gasteiger partial charge in [-0.1, -0.05) is 13.0 Å². The van der Waals surface area contributed by atoms with E-state index in [0.717, 1.165) is 17.3 Å². The molecular weight excluding hydrogens is 336 g/mol. The van der Waals surface area contributed by atoms with Crippen LogP contribution >= 0.6 is 0 Å². The highest BCUT2D eigenvalue weighted by atomic mass is 16.2. The van der Waals surface area contributed by atoms with Crippen molar-refractivity contribution in [2.75, 3.05) is 5.73 Å². The second-order valence-electron chi connectivity index (χ2n) is 5.81. The minimum Gasteiger partial charge on any atom is -0.384 e. The molecule has 1 aliphatic rings. The molecule has 3 aromatic rings. The number of fused-ring (bicyclic) bond motifs is 1. The van der Waals surface area contributed by atoms with Gasteiger partial charge in [0.15, 0.2) is 0 Å². The van der Waals surface area contributed by atoms with Crippen molar-refractivity contribution < 1.29 is 9.59 Å². The van der Waals surface area contributed by atoms with Crippen LogP contribution in [-0.2, 0) is 6.42 Å². The van der Waals surface area contributed by atoms with E-state index < -0.39 is 17.4 Å². The van der Waals surface area contributed by atoms with Crippen molar-refractivity contribution in [2.24, 2.45) is 0 Å². The Morgan fingerprint density at radius 2 is 1.81 bits per heavy atom. The van der Waals surface area contributed by atoms with Gasteiger partial charge in [-0.05, 0) is 24.1 Å². The molecule has 0 aliphatic carbocycles. The molecule has 3 N–H and O–H groups in total. The summed E-state index contributed by atoms with van der Waals surface area (Å²) in [4.78, 5) is 36.5. The molecule has 2 amide bonds. The Morgan fingerprint density at radius 3 is 2.50 bits per heavy atom. The van der Waals surface area contributed by atoms with Crippen LogP contribution < -0.4 is 16.6 Å². The van der Waals surface area contributed by atoms with Gasteiger partial charge in [-0.25, -0.2) is 0 Å². The van der Waals surface area contributed by atoms with E-state index in [4.69, 9.17) is 5.73 Å². The molecule has 0 unspecified atom stereocenters. The number of anilines is 1. The highest BCUT2D eigenvalue weighted by Crippen LogP contribution is 2.26. The highest BCUT2D eigenvalue weighted by Gasteiger charge is 2.32. The van der Waals surface area contributed by atoms with Gasteiger partial charge in [0, 0.05) is 6.07 Å². The maximum atomic E-state index is 12.7. The Labute approximate surface area is 147 Å². The number of carbonyl (C=O) groups is 2. The smallest absolute Gasteiger partial charge is 0.262 e. The van der Waals surface area contributed by atoms with E-state index in [9.17, 15) is 14.4 Å². The lowest BCUT2D eigenvalue weighted by molar-refractivity contribution is 0.0880. The fraction of sp³-hybridized carbons (Fsp3) is 0.118. The predicted octanol–water partition coefficient (Wildman–Crippen LogP) is 0.446. The average molecular weight is 350 g/mol. The van der Waals surface area contributed by atoms with Crippen LogP contribution in [0.3, 0.4) is 0 Å². The topological polar surface area (TPSA) is 125 Å². The number of nitrogens with two attached hydrogens (primary N) is 1. The standard InChI is InChI=1S/C17H14N6O3/c1-2-9-3-4-10(22-7-19-20-8-22)5-12(9)23-13(24)6-11-14(15(23)18)17(26)21-16(11)25/h3-8H,2,18H2,1H3,(H,21,25,26). The van der Waals surface area contributed by atoms with Gasteiger partial charge < -0.3 is 5.73 Å². The third-order valence-corrected chi connectivity index (χ3v) is 4.36. The van der Waals surface area contributed by atoms with E-state index in [1.165, 1.54) is 17.2 Å². The van der Waals surface area contributed by atoms with Gasteiger partial charge in [0.25, 0.3) is 17.4 Å². The zero-order valence-electron chi connectivity index (χ0n) is 13.8. The first-order chi connectivity index (χ1) is 12.5. The van der Waals surface area contributed by atoms with Crippen LogP contribution in [0, 0.1) is 0 Å². The van der Waals surface area contributed by atoms with Crippen LogP contribution in [0.15, 0.2) is 41.7 Å². The third kappa shape index (κ3) is 2.21. The number of aryl methyl sites for hydroxylation is 1. The summed E-state index contributed by atoms with van der Waals surface area (Å²) in [5, 5.41) is 9.71. The minimum atomic E-state index is -0.616. The first-order valence-corrected chi connectivity index (χ1v) is 7.90. The number of nitrogen functional groups attached to an aromatic ring is 1. The Kier molecular flexibility index (Phi) is 3.43. The SMILES string of the molecule is CCc1ccc(-n2cnnc2)cc1-n1c(N)c2c(cc1=O)C(=O)NC2=O. The first kappa shape index (κ1) is 15.8. The van der Waals surface area contributed by atoms with Crippen LogP contribution in [-0.4, -0.2) is 31.1 Å². The molecule has 1 aromatic carbocycles. The molecule has 9 nitrogen and oxygen atoms in total. The number of rotatable bonds is 3. The van der Waals surface area contributed by atoms with Gasteiger partial charge in [-0.2, -0.15) is 0 Å². The largest absolute Gasteiger partial charge is 0.384 e. The second kappa shape index (κ2) is 5.66. The van der Waals surface area contributed by atoms with Gasteiger partial charge in [-0.15, -0.1) is 10.2 Å². The van der Waals surface area contributed by atoms with E-state index >= 15 is 0 Å². The zero-order chi connectivity index (χ0) is 18.4. The fourth-order valence-electron chi connectivity index (χ4n) is 3.08. The molecule has 26 heavy (non-hydrogen) atoms. The maximum Gasteiger partial charge on any atom is 0.262 e. The Hall–Kier alpha value is -3.75. The molecule has 0 fully saturated rings. The zero-order valence-corrected chi connectivity index (χ0v) is 13.8. The number of pyridine rings is 1. The average Bonchev–Trinajstić information content (AvgIpc) is 3.24. The van der Waals surface area contributed by atoms with Crippen LogP contribution in [0.1, 0.15) is 33.2 Å². The Balaban J connectivity index is 2.01. The van der Waals surface area contributed by atoms with E-state index in [0.29, 0.717) is 12.1 Å². The number of hydrogen-bond donors (Lipinski definition) is 2. The first-order valence-electron chi connectivity index (χ1n) is 7.90. The Bertz CT molecular complexity index is 1110. The monoisotopic (exact) mass is 350 g/mol. The molecule has 2 aromatic heterocycles. The van der Waals surface area contributed by atoms with Crippen molar-refractivity contribution in [2.45, 2.75) is 13.3 Å². The molecule has 0 saturated heterocycles. The summed E-state index contributed by atoms with van der Waals surface area (Å²) >= 11 is 0. The van der Waals surface area contributed by atoms with Crippen LogP contribution in [0.2, 0.25) is 0 Å². The molecule has 1 aliphatic heterocycles. The number of nitrogens with one attached hydrogen (secondary N) is 1. The molecule has 0 saturated carbocycles. The quantitative estimate of drug-likeness (QED) is 0.661. The van der Waals surface area contributed by atoms with Crippen LogP contribution in [0.4, 0.5) is 5.82 Å². The highest BCUT2D eigenvalue weighted by molar-refractivity contribution is 6.23. The van der Waals surface area contributed by atoms with Crippen molar-refractivity contribution in [3.8, 4) is 11.4 Å². The number of aromatic nitrogens is 4. The maximum absolute atomic E-state index is 12.7. The molecule has 0 bridgehead atoms. The van der Waals surface area contributed by atoms with Gasteiger partial charge in [0.2, 0.25) is 0 Å². The van der Waals surface area contributed by atoms with E-state index in [1.54, 1.807) is 10.6 Å². The molecule has 130 valence electrons. The van der Waals surface area contributed by atoms with Gasteiger partial charge in [-0.3, -0.25) is 28.8 Å². The molecule has 0 atom stereocenters. The van der Waals surface area contributed by atoms with Gasteiger partial charge in [0.05, 0.1) is 22.5 Å². The molecule has 0 radical (unpaired) electrons. The summed E-state index contributed by atoms with van der Waals surface area (Å²) < 4.78 is 2.94. The van der Waals surface area contributed by atoms with Crippen LogP contribution in [0.5, 0.6) is 0 Å². The Morgan fingerprint density at radius 1 is 1.08 bits per heavy atom. The van der Waals surface area contributed by atoms with Crippen molar-refractivity contribution in [3.05, 3.63) is 64.0 Å². The van der Waals surface area contributed by atoms with Gasteiger partial charge in [0.1, 0.15) is 18.5 Å². The number of carbonyl (C=O) groups excluding carboxylic acids is 2. The number of amides is 2. The summed E-state index contributed by atoms with van der Waals surface area (Å²) in [7, 11) is 0. The second-order valence-corrected chi connectivity index (χ2v) is 5.81. The molecular formula is C17H14N6O3. The van der Waals surface area contributed by atoms with Crippen molar-refractivity contribution in [1.82, 2.24) is 24.6 Å². The summed E-state index contributed by atoms with van der Waals surface area (Å²) in [6.07, 6.45) is 3.71. The lowest BCUT2D eigenvalue weighted by atomic mass is 10.1. The van der Waals surface area contributed by atoms with Crippen LogP contribution in [0.25, 0.3) is 11.4 Å². The lowest BCUT2D eigenvalue weighted by Gasteiger charge is -2.16. The molecule has 0 spiro atoms. The van der Waals surface area contributed by atoms with Crippen molar-refractivity contribution in [1.29, 1.82) is 0 Å². The van der Waals surface area contributed by atoms with Crippen molar-refractivity contribution in [3.63, 3.8) is 0 Å². The molecule has 3 heterocycles. The minimum absolute atomic E-state index is 0.00163. The summed E-state index contributed by atoms with van der Waals surface area (Å²) in [5.41, 5.74) is 7.80. The van der Waals surface area contributed by atoms with E-state index in [-0.39, 0.29) is 16.9 Å². The number of benzene rings is 1. The number of nitrogens with zero attached hydrogens (tertiary/aromatic N) is 4. The third-order valence-electron chi connectivity index (χ3n) is 4.36. The summed E-state index contributed by atoms with van der Waals surface area (Å²) in [6, 6.07) is 6.64. The number of hydrogen-bond acceptors (Lipinski definition) is 6. The normalized spacial score (nSPS) is 13.0. The van der Waals surface area contributed by atoms with E-state index in [1.807, 2.05) is 19.1 Å².